The number of fused-ring (bicyclic) bond motifs is 1. The number of rotatable bonds is 8. The van der Waals surface area contributed by atoms with Gasteiger partial charge in [0.15, 0.2) is 12.4 Å². The Morgan fingerprint density at radius 2 is 1.68 bits per heavy atom. The normalized spacial score (nSPS) is 10.9. The summed E-state index contributed by atoms with van der Waals surface area (Å²) in [6.07, 6.45) is 3.34. The van der Waals surface area contributed by atoms with E-state index in [4.69, 9.17) is 21.3 Å². The van der Waals surface area contributed by atoms with E-state index >= 15 is 0 Å². The third-order valence-electron chi connectivity index (χ3n) is 5.75. The number of esters is 1. The Kier molecular flexibility index (Phi) is 7.39. The van der Waals surface area contributed by atoms with Crippen LogP contribution in [0.15, 0.2) is 72.8 Å². The monoisotopic (exact) mass is 471 g/mol. The molecule has 0 bridgehead atoms. The maximum absolute atomic E-state index is 13.1. The topological polar surface area (TPSA) is 56.3 Å². The van der Waals surface area contributed by atoms with Crippen molar-refractivity contribution in [3.63, 3.8) is 0 Å². The van der Waals surface area contributed by atoms with Crippen molar-refractivity contribution in [2.75, 3.05) is 6.61 Å². The van der Waals surface area contributed by atoms with Crippen LogP contribution in [0.5, 0.6) is 0 Å². The summed E-state index contributed by atoms with van der Waals surface area (Å²) >= 11 is 5.89. The molecule has 1 aromatic heterocycles. The van der Waals surface area contributed by atoms with Gasteiger partial charge in [-0.15, -0.1) is 0 Å². The number of Topliss-reactive ketones (excluding diaryl/α,β-unsaturated/α-hetero) is 1. The first-order valence-corrected chi connectivity index (χ1v) is 11.8. The average Bonchev–Trinajstić information content (AvgIpc) is 2.86. The smallest absolute Gasteiger partial charge is 0.339 e. The van der Waals surface area contributed by atoms with E-state index in [2.05, 4.69) is 19.1 Å². The lowest BCUT2D eigenvalue weighted by molar-refractivity contribution is 0.0476. The molecule has 5 heteroatoms. The molecule has 0 aliphatic heterocycles. The fourth-order valence-corrected chi connectivity index (χ4v) is 3.93. The summed E-state index contributed by atoms with van der Waals surface area (Å²) in [4.78, 5) is 30.3. The first-order chi connectivity index (χ1) is 16.4. The number of pyridine rings is 1. The number of ether oxygens (including phenoxy) is 1. The van der Waals surface area contributed by atoms with Crippen LogP contribution >= 0.6 is 11.6 Å². The van der Waals surface area contributed by atoms with Crippen molar-refractivity contribution >= 4 is 34.3 Å². The van der Waals surface area contributed by atoms with Gasteiger partial charge in [-0.1, -0.05) is 60.8 Å². The highest BCUT2D eigenvalue weighted by Gasteiger charge is 2.17. The van der Waals surface area contributed by atoms with Crippen molar-refractivity contribution in [2.24, 2.45) is 0 Å². The van der Waals surface area contributed by atoms with E-state index in [0.717, 1.165) is 30.4 Å². The van der Waals surface area contributed by atoms with Gasteiger partial charge in [0.1, 0.15) is 0 Å². The number of aromatic nitrogens is 1. The van der Waals surface area contributed by atoms with Gasteiger partial charge in [-0.3, -0.25) is 4.79 Å². The zero-order valence-corrected chi connectivity index (χ0v) is 20.1. The molecule has 0 atom stereocenters. The molecule has 0 spiro atoms. The highest BCUT2D eigenvalue weighted by molar-refractivity contribution is 6.30. The van der Waals surface area contributed by atoms with Crippen molar-refractivity contribution in [3.8, 4) is 11.3 Å². The van der Waals surface area contributed by atoms with E-state index in [1.807, 2.05) is 37.3 Å². The predicted molar refractivity (Wildman–Crippen MR) is 137 cm³/mol. The maximum Gasteiger partial charge on any atom is 0.339 e. The van der Waals surface area contributed by atoms with Gasteiger partial charge in [-0.05, 0) is 67.8 Å². The molecule has 0 saturated heterocycles. The zero-order chi connectivity index (χ0) is 24.1. The molecule has 34 heavy (non-hydrogen) atoms. The van der Waals surface area contributed by atoms with Gasteiger partial charge < -0.3 is 4.74 Å². The summed E-state index contributed by atoms with van der Waals surface area (Å²) in [5.41, 5.74) is 5.44. The molecule has 4 nitrogen and oxygen atoms in total. The largest absolute Gasteiger partial charge is 0.454 e. The molecule has 0 fully saturated rings. The molecule has 0 unspecified atom stereocenters. The third-order valence-corrected chi connectivity index (χ3v) is 6.01. The maximum atomic E-state index is 13.1. The first-order valence-electron chi connectivity index (χ1n) is 11.4. The van der Waals surface area contributed by atoms with Crippen molar-refractivity contribution in [1.29, 1.82) is 0 Å². The minimum atomic E-state index is -0.555. The van der Waals surface area contributed by atoms with E-state index in [0.29, 0.717) is 32.7 Å². The Labute approximate surface area is 204 Å². The molecule has 172 valence electrons. The molecule has 0 aliphatic rings. The van der Waals surface area contributed by atoms with Crippen molar-refractivity contribution in [2.45, 2.75) is 33.1 Å². The summed E-state index contributed by atoms with van der Waals surface area (Å²) in [6.45, 7) is 3.79. The standard InChI is InChI=1S/C29H26ClNO3/c1-3-4-5-20-7-9-21(10-8-20)27-17-25(24-16-19(2)6-15-26(24)31-27)29(33)34-18-28(32)22-11-13-23(30)14-12-22/h6-17H,3-5,18H2,1-2H3. The van der Waals surface area contributed by atoms with Crippen LogP contribution in [-0.4, -0.2) is 23.3 Å². The molecule has 0 amide bonds. The Morgan fingerprint density at radius 1 is 0.941 bits per heavy atom. The second-order valence-electron chi connectivity index (χ2n) is 8.38. The molecule has 0 aliphatic carbocycles. The molecule has 3 aromatic carbocycles. The van der Waals surface area contributed by atoms with Crippen LogP contribution in [0.1, 0.15) is 51.6 Å². The number of aryl methyl sites for hydroxylation is 2. The van der Waals surface area contributed by atoms with Gasteiger partial charge in [0.2, 0.25) is 0 Å². The van der Waals surface area contributed by atoms with E-state index in [1.165, 1.54) is 5.56 Å². The summed E-state index contributed by atoms with van der Waals surface area (Å²) in [6, 6.07) is 22.3. The minimum absolute atomic E-state index is 0.289. The van der Waals surface area contributed by atoms with E-state index in [1.54, 1.807) is 30.3 Å². The predicted octanol–water partition coefficient (Wildman–Crippen LogP) is 7.25. The number of nitrogens with zero attached hydrogens (tertiary/aromatic N) is 1. The number of unbranched alkanes of at least 4 members (excludes halogenated alkanes) is 1. The van der Waals surface area contributed by atoms with Crippen molar-refractivity contribution in [3.05, 3.63) is 100 Å². The highest BCUT2D eigenvalue weighted by Crippen LogP contribution is 2.27. The van der Waals surface area contributed by atoms with Gasteiger partial charge in [-0.2, -0.15) is 0 Å². The molecular weight excluding hydrogens is 446 g/mol. The van der Waals surface area contributed by atoms with Gasteiger partial charge >= 0.3 is 5.97 Å². The Bertz CT molecular complexity index is 1330. The summed E-state index contributed by atoms with van der Waals surface area (Å²) in [5, 5.41) is 1.24. The number of carbonyl (C=O) groups excluding carboxylic acids is 2. The Balaban J connectivity index is 1.62. The zero-order valence-electron chi connectivity index (χ0n) is 19.3. The molecule has 1 heterocycles. The summed E-state index contributed by atoms with van der Waals surface area (Å²) in [5.74, 6) is -0.844. The second-order valence-corrected chi connectivity index (χ2v) is 8.82. The number of carbonyl (C=O) groups is 2. The summed E-state index contributed by atoms with van der Waals surface area (Å²) in [7, 11) is 0. The SMILES string of the molecule is CCCCc1ccc(-c2cc(C(=O)OCC(=O)c3ccc(Cl)cc3)c3cc(C)ccc3n2)cc1. The van der Waals surface area contributed by atoms with Gasteiger partial charge in [0.05, 0.1) is 16.8 Å². The molecule has 0 N–H and O–H groups in total. The van der Waals surface area contributed by atoms with E-state index < -0.39 is 5.97 Å². The highest BCUT2D eigenvalue weighted by atomic mass is 35.5. The number of hydrogen-bond acceptors (Lipinski definition) is 4. The van der Waals surface area contributed by atoms with E-state index in [-0.39, 0.29) is 12.4 Å². The van der Waals surface area contributed by atoms with Crippen LogP contribution in [0.25, 0.3) is 22.2 Å². The molecular formula is C29H26ClNO3. The summed E-state index contributed by atoms with van der Waals surface area (Å²) < 4.78 is 5.43. The number of hydrogen-bond donors (Lipinski definition) is 0. The third kappa shape index (κ3) is 5.52. The van der Waals surface area contributed by atoms with Gasteiger partial charge in [0, 0.05) is 21.5 Å². The Hall–Kier alpha value is -3.50. The molecule has 0 saturated carbocycles. The molecule has 4 rings (SSSR count). The number of ketones is 1. The average molecular weight is 472 g/mol. The Morgan fingerprint density at radius 3 is 2.38 bits per heavy atom. The van der Waals surface area contributed by atoms with Gasteiger partial charge in [-0.25, -0.2) is 9.78 Å². The quantitative estimate of drug-likeness (QED) is 0.200. The fourth-order valence-electron chi connectivity index (χ4n) is 3.81. The minimum Gasteiger partial charge on any atom is -0.454 e. The van der Waals surface area contributed by atoms with Crippen LogP contribution in [0, 0.1) is 6.92 Å². The number of benzene rings is 3. The van der Waals surface area contributed by atoms with Crippen LogP contribution in [0.3, 0.4) is 0 Å². The van der Waals surface area contributed by atoms with Crippen LogP contribution in [-0.2, 0) is 11.2 Å². The second kappa shape index (κ2) is 10.6. The lowest BCUT2D eigenvalue weighted by atomic mass is 10.0. The van der Waals surface area contributed by atoms with Crippen LogP contribution in [0.2, 0.25) is 5.02 Å². The van der Waals surface area contributed by atoms with Crippen LogP contribution < -0.4 is 0 Å². The van der Waals surface area contributed by atoms with E-state index in [9.17, 15) is 9.59 Å². The van der Waals surface area contributed by atoms with Crippen LogP contribution in [0.4, 0.5) is 0 Å². The first kappa shape index (κ1) is 23.7. The lowest BCUT2D eigenvalue weighted by Gasteiger charge is -2.11. The van der Waals surface area contributed by atoms with Gasteiger partial charge in [0.25, 0.3) is 0 Å². The van der Waals surface area contributed by atoms with Crippen molar-refractivity contribution < 1.29 is 14.3 Å². The molecule has 0 radical (unpaired) electrons. The number of halogens is 1. The lowest BCUT2D eigenvalue weighted by Crippen LogP contribution is -2.15. The van der Waals surface area contributed by atoms with Crippen molar-refractivity contribution in [1.82, 2.24) is 4.98 Å². The molecule has 4 aromatic rings. The fraction of sp³-hybridized carbons (Fsp3) is 0.207.